The number of likely N-dealkylation sites (N-methyl/N-ethyl adjacent to an activating group) is 1. The molecule has 0 aliphatic rings. The van der Waals surface area contributed by atoms with E-state index in [9.17, 15) is 0 Å². The van der Waals surface area contributed by atoms with Gasteiger partial charge in [-0.2, -0.15) is 0 Å². The van der Waals surface area contributed by atoms with Crippen molar-refractivity contribution in [1.82, 2.24) is 4.90 Å². The van der Waals surface area contributed by atoms with Crippen LogP contribution in [0.4, 0.5) is 0 Å². The van der Waals surface area contributed by atoms with Crippen LogP contribution in [-0.2, 0) is 13.0 Å². The Kier molecular flexibility index (Phi) is 5.73. The molecular weight excluding hydrogens is 300 g/mol. The summed E-state index contributed by atoms with van der Waals surface area (Å²) in [6.45, 7) is 1.89. The molecule has 0 bridgehead atoms. The molecule has 2 rings (SSSR count). The van der Waals surface area contributed by atoms with Gasteiger partial charge in [-0.15, -0.1) is 11.3 Å². The van der Waals surface area contributed by atoms with Crippen LogP contribution in [0, 0.1) is 0 Å². The standard InChI is InChI=1S/C16H20N2OS2/c1-18(8-7-13-4-3-9-21-13)11-12-5-6-15(19-2)14(10-12)16(17)20/h3-6,9-10H,7-8,11H2,1-2H3,(H2,17,20). The molecule has 0 saturated heterocycles. The average molecular weight is 320 g/mol. The molecule has 3 nitrogen and oxygen atoms in total. The van der Waals surface area contributed by atoms with Crippen molar-refractivity contribution < 1.29 is 4.74 Å². The molecule has 0 saturated carbocycles. The topological polar surface area (TPSA) is 38.5 Å². The van der Waals surface area contributed by atoms with Gasteiger partial charge in [-0.1, -0.05) is 24.4 Å². The molecule has 0 fully saturated rings. The molecule has 0 atom stereocenters. The van der Waals surface area contributed by atoms with Crippen LogP contribution in [0.5, 0.6) is 5.75 Å². The summed E-state index contributed by atoms with van der Waals surface area (Å²) in [5.41, 5.74) is 7.74. The first-order chi connectivity index (χ1) is 10.1. The molecular formula is C16H20N2OS2. The SMILES string of the molecule is COc1ccc(CN(C)CCc2cccs2)cc1C(N)=S. The Balaban J connectivity index is 1.98. The molecule has 2 N–H and O–H groups in total. The van der Waals surface area contributed by atoms with Crippen LogP contribution < -0.4 is 10.5 Å². The van der Waals surface area contributed by atoms with Gasteiger partial charge in [-0.05, 0) is 42.6 Å². The molecule has 21 heavy (non-hydrogen) atoms. The summed E-state index contributed by atoms with van der Waals surface area (Å²) < 4.78 is 5.28. The molecule has 1 aromatic carbocycles. The quantitative estimate of drug-likeness (QED) is 0.796. The Morgan fingerprint density at radius 1 is 1.38 bits per heavy atom. The van der Waals surface area contributed by atoms with Crippen molar-refractivity contribution in [3.63, 3.8) is 0 Å². The van der Waals surface area contributed by atoms with Crippen LogP contribution in [-0.4, -0.2) is 30.6 Å². The summed E-state index contributed by atoms with van der Waals surface area (Å²) in [7, 11) is 3.75. The molecule has 0 aliphatic heterocycles. The Morgan fingerprint density at radius 2 is 2.19 bits per heavy atom. The predicted octanol–water partition coefficient (Wildman–Crippen LogP) is 3.07. The monoisotopic (exact) mass is 320 g/mol. The summed E-state index contributed by atoms with van der Waals surface area (Å²) in [6, 6.07) is 10.3. The molecule has 0 amide bonds. The van der Waals surface area contributed by atoms with Crippen LogP contribution in [0.15, 0.2) is 35.7 Å². The van der Waals surface area contributed by atoms with Crippen molar-refractivity contribution in [2.24, 2.45) is 5.73 Å². The normalized spacial score (nSPS) is 10.8. The Morgan fingerprint density at radius 3 is 2.81 bits per heavy atom. The van der Waals surface area contributed by atoms with E-state index in [1.165, 1.54) is 10.4 Å². The second kappa shape index (κ2) is 7.54. The van der Waals surface area contributed by atoms with Gasteiger partial charge in [0.25, 0.3) is 0 Å². The number of benzene rings is 1. The number of ether oxygens (including phenoxy) is 1. The molecule has 0 spiro atoms. The lowest BCUT2D eigenvalue weighted by atomic mass is 10.1. The first-order valence-corrected chi connectivity index (χ1v) is 8.06. The third-order valence-corrected chi connectivity index (χ3v) is 4.46. The summed E-state index contributed by atoms with van der Waals surface area (Å²) in [5.74, 6) is 0.729. The van der Waals surface area contributed by atoms with Crippen LogP contribution in [0.2, 0.25) is 0 Å². The Labute approximate surface area is 135 Å². The van der Waals surface area contributed by atoms with Gasteiger partial charge >= 0.3 is 0 Å². The second-order valence-electron chi connectivity index (χ2n) is 4.97. The third-order valence-electron chi connectivity index (χ3n) is 3.30. The molecule has 1 aromatic heterocycles. The highest BCUT2D eigenvalue weighted by Gasteiger charge is 2.08. The molecule has 1 heterocycles. The van der Waals surface area contributed by atoms with E-state index in [0.717, 1.165) is 30.8 Å². The highest BCUT2D eigenvalue weighted by Crippen LogP contribution is 2.20. The summed E-state index contributed by atoms with van der Waals surface area (Å²) in [5, 5.41) is 2.12. The van der Waals surface area contributed by atoms with Crippen LogP contribution in [0.25, 0.3) is 0 Å². The minimum Gasteiger partial charge on any atom is -0.496 e. The van der Waals surface area contributed by atoms with Crippen molar-refractivity contribution in [2.75, 3.05) is 20.7 Å². The molecule has 0 radical (unpaired) electrons. The number of rotatable bonds is 7. The molecule has 0 aliphatic carbocycles. The van der Waals surface area contributed by atoms with Gasteiger partial charge in [0.05, 0.1) is 12.7 Å². The van der Waals surface area contributed by atoms with Gasteiger partial charge in [0.15, 0.2) is 0 Å². The van der Waals surface area contributed by atoms with E-state index in [1.54, 1.807) is 18.4 Å². The van der Waals surface area contributed by atoms with Gasteiger partial charge in [0.1, 0.15) is 10.7 Å². The molecule has 112 valence electrons. The van der Waals surface area contributed by atoms with E-state index in [0.29, 0.717) is 4.99 Å². The predicted molar refractivity (Wildman–Crippen MR) is 93.2 cm³/mol. The van der Waals surface area contributed by atoms with Gasteiger partial charge in [0, 0.05) is 18.0 Å². The molecule has 5 heteroatoms. The van der Waals surface area contributed by atoms with Crippen molar-refractivity contribution in [3.05, 3.63) is 51.7 Å². The van der Waals surface area contributed by atoms with Crippen LogP contribution >= 0.6 is 23.6 Å². The van der Waals surface area contributed by atoms with E-state index in [2.05, 4.69) is 35.5 Å². The third kappa shape index (κ3) is 4.52. The summed E-state index contributed by atoms with van der Waals surface area (Å²) in [4.78, 5) is 4.08. The largest absolute Gasteiger partial charge is 0.496 e. The van der Waals surface area contributed by atoms with Crippen molar-refractivity contribution in [3.8, 4) is 5.75 Å². The van der Waals surface area contributed by atoms with Crippen molar-refractivity contribution in [2.45, 2.75) is 13.0 Å². The minimum atomic E-state index is 0.370. The average Bonchev–Trinajstić information content (AvgIpc) is 2.98. The van der Waals surface area contributed by atoms with Crippen LogP contribution in [0.1, 0.15) is 16.0 Å². The van der Waals surface area contributed by atoms with Gasteiger partial charge in [0.2, 0.25) is 0 Å². The lowest BCUT2D eigenvalue weighted by molar-refractivity contribution is 0.331. The van der Waals surface area contributed by atoms with Gasteiger partial charge < -0.3 is 15.4 Å². The fraction of sp³-hybridized carbons (Fsp3) is 0.312. The zero-order chi connectivity index (χ0) is 15.2. The van der Waals surface area contributed by atoms with Crippen LogP contribution in [0.3, 0.4) is 0 Å². The number of thiophene rings is 1. The number of nitrogens with zero attached hydrogens (tertiary/aromatic N) is 1. The van der Waals surface area contributed by atoms with Gasteiger partial charge in [-0.25, -0.2) is 0 Å². The van der Waals surface area contributed by atoms with Crippen molar-refractivity contribution >= 4 is 28.5 Å². The van der Waals surface area contributed by atoms with E-state index >= 15 is 0 Å². The van der Waals surface area contributed by atoms with E-state index in [1.807, 2.05) is 12.1 Å². The second-order valence-corrected chi connectivity index (χ2v) is 6.44. The molecule has 0 unspecified atom stereocenters. The summed E-state index contributed by atoms with van der Waals surface area (Å²) in [6.07, 6.45) is 1.08. The Hall–Kier alpha value is -1.43. The maximum absolute atomic E-state index is 5.75. The van der Waals surface area contributed by atoms with E-state index in [4.69, 9.17) is 22.7 Å². The lowest BCUT2D eigenvalue weighted by Gasteiger charge is -2.17. The Bertz CT molecular complexity index is 596. The highest BCUT2D eigenvalue weighted by molar-refractivity contribution is 7.80. The number of hydrogen-bond acceptors (Lipinski definition) is 4. The smallest absolute Gasteiger partial charge is 0.129 e. The number of nitrogens with two attached hydrogens (primary N) is 1. The lowest BCUT2D eigenvalue weighted by Crippen LogP contribution is -2.21. The van der Waals surface area contributed by atoms with Gasteiger partial charge in [-0.3, -0.25) is 0 Å². The number of thiocarbonyl (C=S) groups is 1. The fourth-order valence-corrected chi connectivity index (χ4v) is 3.05. The van der Waals surface area contributed by atoms with E-state index in [-0.39, 0.29) is 0 Å². The highest BCUT2D eigenvalue weighted by atomic mass is 32.1. The zero-order valence-corrected chi connectivity index (χ0v) is 14.0. The summed E-state index contributed by atoms with van der Waals surface area (Å²) >= 11 is 6.89. The zero-order valence-electron chi connectivity index (χ0n) is 12.3. The van der Waals surface area contributed by atoms with Crippen molar-refractivity contribution in [1.29, 1.82) is 0 Å². The minimum absolute atomic E-state index is 0.370. The number of hydrogen-bond donors (Lipinski definition) is 1. The first kappa shape index (κ1) is 15.9. The number of methoxy groups -OCH3 is 1. The maximum Gasteiger partial charge on any atom is 0.129 e. The first-order valence-electron chi connectivity index (χ1n) is 6.78. The fourth-order valence-electron chi connectivity index (χ4n) is 2.19. The van der Waals surface area contributed by atoms with E-state index < -0.39 is 0 Å². The maximum atomic E-state index is 5.75. The molecule has 2 aromatic rings.